The summed E-state index contributed by atoms with van der Waals surface area (Å²) in [5.41, 5.74) is 3.91. The van der Waals surface area contributed by atoms with Crippen molar-refractivity contribution >= 4 is 0 Å². The molecule has 1 unspecified atom stereocenters. The summed E-state index contributed by atoms with van der Waals surface area (Å²) in [5.74, 6) is 4.36. The molecule has 10 aliphatic carbocycles. The van der Waals surface area contributed by atoms with Gasteiger partial charge in [0, 0.05) is 68.8 Å². The SMILES string of the molecule is CC(C)(C)C(C)(O)[C@H]1C[C@@]23CC[C@]1(C)[C@@H]1Oc4c(O)ccc5c4[C@@]12CCN(CC1CC1)[C@@H]3C5.CC(C)(O)[C@H]1C[C@@]23CC[C@]1(C)[C@@H]1Oc4c(O)ccc5c4[C@@]12CCN(CC1CC1)[C@@H]3C5. The summed E-state index contributed by atoms with van der Waals surface area (Å²) in [6, 6.07) is 9.16. The van der Waals surface area contributed by atoms with E-state index in [2.05, 4.69) is 63.5 Å². The molecule has 4 N–H and O–H groups in total. The highest BCUT2D eigenvalue weighted by Crippen LogP contribution is 2.81. The van der Waals surface area contributed by atoms with Crippen molar-refractivity contribution in [2.45, 2.75) is 192 Å². The zero-order valence-corrected chi connectivity index (χ0v) is 39.7. The van der Waals surface area contributed by atoms with Gasteiger partial charge in [-0.1, -0.05) is 46.8 Å². The highest BCUT2D eigenvalue weighted by atomic mass is 16.5. The Labute approximate surface area is 376 Å². The van der Waals surface area contributed by atoms with Crippen LogP contribution in [0.3, 0.4) is 0 Å². The third kappa shape index (κ3) is 4.70. The monoisotopic (exact) mass is 861 g/mol. The first-order valence-electron chi connectivity index (χ1n) is 25.6. The lowest BCUT2D eigenvalue weighted by Crippen LogP contribution is -2.80. The standard InChI is InChI=1S/C29H41NO3.C26H35NO3/c1-25(2,3)27(5,32)20-15-28-11-10-26(20,4)24-29(28)12-13-30(16-17-6-7-17)21(28)14-18-8-9-19(31)23(33-24)22(18)29;1-23(2,29)18-13-25-9-8-24(18,3)22-26(25)10-11-27(14-15-4-5-15)19(25)12-16-6-7-17(28)21(30-22)20(16)26/h8-9,17,20-21,24,31-32H,6-7,10-16H2,1-5H3;6-7,15,18-19,22,28-29H,4-5,8-14H2,1-3H3/t20-,21+,24-,26-,27?,28+,29-;18-,19-,22+,24+,25-,26+/m01/s1. The van der Waals surface area contributed by atoms with Crippen LogP contribution in [0, 0.1) is 50.7 Å². The molecular weight excluding hydrogens is 785 g/mol. The van der Waals surface area contributed by atoms with Crippen molar-refractivity contribution in [3.8, 4) is 23.0 Å². The summed E-state index contributed by atoms with van der Waals surface area (Å²) >= 11 is 0. The smallest absolute Gasteiger partial charge is 0.165 e. The van der Waals surface area contributed by atoms with Crippen molar-refractivity contribution in [3.05, 3.63) is 46.5 Å². The fraction of sp³-hybridized carbons (Fsp3) is 0.782. The van der Waals surface area contributed by atoms with E-state index < -0.39 is 11.2 Å². The van der Waals surface area contributed by atoms with Crippen LogP contribution in [0.25, 0.3) is 0 Å². The molecule has 10 fully saturated rings. The van der Waals surface area contributed by atoms with Crippen LogP contribution < -0.4 is 9.47 Å². The van der Waals surface area contributed by atoms with E-state index in [-0.39, 0.29) is 61.9 Å². The Balaban J connectivity index is 0.000000128. The summed E-state index contributed by atoms with van der Waals surface area (Å²) < 4.78 is 13.7. The Hall–Kier alpha value is -2.52. The number of fused-ring (bicyclic) bond motifs is 4. The number of aromatic hydroxyl groups is 2. The van der Waals surface area contributed by atoms with Crippen LogP contribution in [0.1, 0.15) is 155 Å². The van der Waals surface area contributed by atoms with E-state index in [4.69, 9.17) is 9.47 Å². The molecule has 8 bridgehead atoms. The average molecular weight is 861 g/mol. The van der Waals surface area contributed by atoms with Gasteiger partial charge < -0.3 is 29.9 Å². The third-order valence-corrected chi connectivity index (χ3v) is 22.6. The van der Waals surface area contributed by atoms with Gasteiger partial charge in [0.25, 0.3) is 0 Å². The van der Waals surface area contributed by atoms with Crippen molar-refractivity contribution in [1.82, 2.24) is 9.80 Å². The molecule has 2 aromatic carbocycles. The van der Waals surface area contributed by atoms with Crippen molar-refractivity contribution in [3.63, 3.8) is 0 Å². The van der Waals surface area contributed by atoms with Crippen molar-refractivity contribution < 1.29 is 29.9 Å². The van der Waals surface area contributed by atoms with Crippen molar-refractivity contribution in [2.24, 2.45) is 50.7 Å². The molecule has 4 spiro atoms. The highest BCUT2D eigenvalue weighted by Gasteiger charge is 2.82. The largest absolute Gasteiger partial charge is 0.504 e. The van der Waals surface area contributed by atoms with Crippen LogP contribution in [0.4, 0.5) is 0 Å². The van der Waals surface area contributed by atoms with Gasteiger partial charge in [-0.05, 0) is 176 Å². The molecule has 14 aliphatic rings. The van der Waals surface area contributed by atoms with E-state index in [1.165, 1.54) is 73.9 Å². The molecule has 342 valence electrons. The highest BCUT2D eigenvalue weighted by molar-refractivity contribution is 5.64. The lowest BCUT2D eigenvalue weighted by atomic mass is 9.31. The molecule has 16 rings (SSSR count). The minimum Gasteiger partial charge on any atom is -0.504 e. The summed E-state index contributed by atoms with van der Waals surface area (Å²) in [6.07, 6.45) is 16.9. The molecule has 13 atom stereocenters. The number of hydrogen-bond acceptors (Lipinski definition) is 8. The Morgan fingerprint density at radius 2 is 1.03 bits per heavy atom. The molecule has 0 radical (unpaired) electrons. The van der Waals surface area contributed by atoms with Gasteiger partial charge in [-0.25, -0.2) is 0 Å². The maximum Gasteiger partial charge on any atom is 0.165 e. The maximum atomic E-state index is 12.1. The third-order valence-electron chi connectivity index (χ3n) is 22.6. The maximum absolute atomic E-state index is 12.1. The van der Waals surface area contributed by atoms with Gasteiger partial charge in [0.15, 0.2) is 23.0 Å². The molecule has 0 aromatic heterocycles. The quantitative estimate of drug-likeness (QED) is 0.228. The average Bonchev–Trinajstić information content (AvgIpc) is 4.15. The topological polar surface area (TPSA) is 106 Å². The molecule has 4 heterocycles. The number of likely N-dealkylation sites (tertiary alicyclic amines) is 2. The number of phenolic OH excluding ortho intramolecular Hbond substituents is 2. The Bertz CT molecular complexity index is 2310. The molecule has 8 nitrogen and oxygen atoms in total. The molecule has 2 aromatic rings. The van der Waals surface area contributed by atoms with Crippen LogP contribution in [0.5, 0.6) is 23.0 Å². The summed E-state index contributed by atoms with van der Waals surface area (Å²) in [4.78, 5) is 5.69. The van der Waals surface area contributed by atoms with Crippen LogP contribution in [0.2, 0.25) is 0 Å². The fourth-order valence-electron chi connectivity index (χ4n) is 19.1. The van der Waals surface area contributed by atoms with Crippen molar-refractivity contribution in [1.29, 1.82) is 0 Å². The minimum absolute atomic E-state index is 0.00806. The molecule has 0 amide bonds. The van der Waals surface area contributed by atoms with E-state index in [1.807, 2.05) is 26.0 Å². The number of benzene rings is 2. The van der Waals surface area contributed by atoms with Crippen LogP contribution in [-0.4, -0.2) is 91.9 Å². The van der Waals surface area contributed by atoms with Gasteiger partial charge in [0.1, 0.15) is 12.2 Å². The molecule has 63 heavy (non-hydrogen) atoms. The first-order chi connectivity index (χ1) is 29.7. The molecule has 8 heteroatoms. The van der Waals surface area contributed by atoms with E-state index in [1.54, 1.807) is 0 Å². The van der Waals surface area contributed by atoms with E-state index in [9.17, 15) is 20.4 Å². The molecular formula is C55H76N2O6. The second-order valence-electron chi connectivity index (χ2n) is 26.5. The fourth-order valence-corrected chi connectivity index (χ4v) is 19.1. The number of hydrogen-bond donors (Lipinski definition) is 4. The lowest BCUT2D eigenvalue weighted by Gasteiger charge is -2.75. The Morgan fingerprint density at radius 1 is 0.603 bits per heavy atom. The van der Waals surface area contributed by atoms with Crippen LogP contribution in [0.15, 0.2) is 24.3 Å². The lowest BCUT2D eigenvalue weighted by molar-refractivity contribution is -0.276. The molecule has 2 saturated heterocycles. The number of piperidine rings is 2. The van der Waals surface area contributed by atoms with Gasteiger partial charge in [-0.3, -0.25) is 9.80 Å². The normalized spacial score (nSPS) is 45.4. The van der Waals surface area contributed by atoms with E-state index in [0.29, 0.717) is 23.6 Å². The molecule has 4 aliphatic heterocycles. The zero-order valence-electron chi connectivity index (χ0n) is 39.7. The van der Waals surface area contributed by atoms with Gasteiger partial charge in [0.2, 0.25) is 0 Å². The first-order valence-corrected chi connectivity index (χ1v) is 25.6. The predicted molar refractivity (Wildman–Crippen MR) is 243 cm³/mol. The number of phenols is 2. The summed E-state index contributed by atoms with van der Waals surface area (Å²) in [6.45, 7) is 22.3. The Kier molecular flexibility index (Phi) is 7.84. The summed E-state index contributed by atoms with van der Waals surface area (Å²) in [7, 11) is 0. The predicted octanol–water partition coefficient (Wildman–Crippen LogP) is 9.04. The second-order valence-corrected chi connectivity index (χ2v) is 26.5. The van der Waals surface area contributed by atoms with Crippen LogP contribution in [-0.2, 0) is 23.7 Å². The minimum atomic E-state index is -0.785. The van der Waals surface area contributed by atoms with Crippen LogP contribution >= 0.6 is 0 Å². The second kappa shape index (κ2) is 12.1. The Morgan fingerprint density at radius 3 is 1.44 bits per heavy atom. The number of nitrogens with zero attached hydrogens (tertiary/aromatic N) is 2. The van der Waals surface area contributed by atoms with E-state index >= 15 is 0 Å². The number of rotatable bonds is 6. The van der Waals surface area contributed by atoms with Gasteiger partial charge in [-0.15, -0.1) is 0 Å². The van der Waals surface area contributed by atoms with Gasteiger partial charge in [-0.2, -0.15) is 0 Å². The van der Waals surface area contributed by atoms with Gasteiger partial charge in [0.05, 0.1) is 11.2 Å². The number of ether oxygens (including phenoxy) is 2. The number of aliphatic hydroxyl groups is 2. The summed E-state index contributed by atoms with van der Waals surface area (Å²) in [5, 5.41) is 45.2. The zero-order chi connectivity index (χ0) is 43.9. The first kappa shape index (κ1) is 40.7. The molecule has 8 saturated carbocycles. The van der Waals surface area contributed by atoms with E-state index in [0.717, 1.165) is 87.8 Å². The van der Waals surface area contributed by atoms with Gasteiger partial charge >= 0.3 is 0 Å². The van der Waals surface area contributed by atoms with Crippen molar-refractivity contribution in [2.75, 3.05) is 26.2 Å².